The van der Waals surface area contributed by atoms with Gasteiger partial charge in [0.1, 0.15) is 0 Å². The van der Waals surface area contributed by atoms with Gasteiger partial charge in [0, 0.05) is 0 Å². The van der Waals surface area contributed by atoms with E-state index < -0.39 is 0 Å². The van der Waals surface area contributed by atoms with Gasteiger partial charge in [0.05, 0.1) is 10.2 Å². The van der Waals surface area contributed by atoms with E-state index in [0.717, 1.165) is 3.95 Å². The van der Waals surface area contributed by atoms with Crippen LogP contribution in [0, 0.1) is 3.95 Å². The maximum atomic E-state index is 5.14. The largest absolute Gasteiger partial charge is 0.337 e. The van der Waals surface area contributed by atoms with Crippen LogP contribution in [0.3, 0.4) is 0 Å². The summed E-state index contributed by atoms with van der Waals surface area (Å²) in [5, 5.41) is 0. The third-order valence-electron chi connectivity index (χ3n) is 2.80. The van der Waals surface area contributed by atoms with Crippen molar-refractivity contribution < 1.29 is 0 Å². The Morgan fingerprint density at radius 2 is 2.12 bits per heavy atom. The summed E-state index contributed by atoms with van der Waals surface area (Å²) in [7, 11) is 0. The van der Waals surface area contributed by atoms with Gasteiger partial charge in [-0.25, -0.2) is 0 Å². The van der Waals surface area contributed by atoms with Gasteiger partial charge >= 0.3 is 0 Å². The van der Waals surface area contributed by atoms with Crippen LogP contribution in [0.4, 0.5) is 0 Å². The van der Waals surface area contributed by atoms with E-state index in [1.165, 1.54) is 47.9 Å². The van der Waals surface area contributed by atoms with Crippen LogP contribution in [-0.4, -0.2) is 4.98 Å². The zero-order valence-electron chi connectivity index (χ0n) is 9.58. The van der Waals surface area contributed by atoms with Gasteiger partial charge in [-0.05, 0) is 42.8 Å². The predicted molar refractivity (Wildman–Crippen MR) is 74.9 cm³/mol. The summed E-state index contributed by atoms with van der Waals surface area (Å²) >= 11 is 6.81. The molecule has 16 heavy (non-hydrogen) atoms. The van der Waals surface area contributed by atoms with Crippen LogP contribution in [0.2, 0.25) is 0 Å². The highest BCUT2D eigenvalue weighted by Crippen LogP contribution is 2.21. The minimum atomic E-state index is 0.873. The minimum absolute atomic E-state index is 0.873. The molecule has 0 spiro atoms. The summed E-state index contributed by atoms with van der Waals surface area (Å²) in [4.78, 5) is 3.20. The molecule has 2 rings (SSSR count). The second kappa shape index (κ2) is 5.60. The molecule has 0 fully saturated rings. The van der Waals surface area contributed by atoms with Crippen molar-refractivity contribution in [2.24, 2.45) is 0 Å². The third-order valence-corrected chi connectivity index (χ3v) is 4.00. The Morgan fingerprint density at radius 3 is 2.94 bits per heavy atom. The number of rotatable bonds is 5. The van der Waals surface area contributed by atoms with Crippen LogP contribution in [0.25, 0.3) is 10.2 Å². The van der Waals surface area contributed by atoms with Crippen LogP contribution < -0.4 is 0 Å². The highest BCUT2D eigenvalue weighted by atomic mass is 32.1. The smallest absolute Gasteiger partial charge is 0.159 e. The number of thiazole rings is 1. The Kier molecular flexibility index (Phi) is 4.13. The Morgan fingerprint density at radius 1 is 1.25 bits per heavy atom. The Balaban J connectivity index is 2.04. The van der Waals surface area contributed by atoms with Gasteiger partial charge in [0.25, 0.3) is 0 Å². The number of fused-ring (bicyclic) bond motifs is 1. The van der Waals surface area contributed by atoms with Crippen molar-refractivity contribution in [1.82, 2.24) is 4.98 Å². The number of benzene rings is 1. The van der Waals surface area contributed by atoms with E-state index in [-0.39, 0.29) is 0 Å². The molecule has 1 heterocycles. The first-order valence-electron chi connectivity index (χ1n) is 5.91. The fourth-order valence-corrected chi connectivity index (χ4v) is 3.08. The highest BCUT2D eigenvalue weighted by Gasteiger charge is 1.99. The SMILES string of the molecule is CCCCCCc1ccc2[nH]c(=S)sc2c1. The number of hydrogen-bond donors (Lipinski definition) is 1. The number of aryl methyl sites for hydroxylation is 1. The van der Waals surface area contributed by atoms with E-state index in [1.807, 2.05) is 0 Å². The van der Waals surface area contributed by atoms with Crippen molar-refractivity contribution in [1.29, 1.82) is 0 Å². The zero-order valence-corrected chi connectivity index (χ0v) is 11.2. The van der Waals surface area contributed by atoms with Crippen molar-refractivity contribution in [3.05, 3.63) is 27.7 Å². The van der Waals surface area contributed by atoms with Gasteiger partial charge in [-0.2, -0.15) is 0 Å². The topological polar surface area (TPSA) is 15.8 Å². The molecular formula is C13H17NS2. The van der Waals surface area contributed by atoms with Gasteiger partial charge < -0.3 is 4.98 Å². The lowest BCUT2D eigenvalue weighted by Crippen LogP contribution is -1.85. The second-order valence-electron chi connectivity index (χ2n) is 4.16. The monoisotopic (exact) mass is 251 g/mol. The average Bonchev–Trinajstić information content (AvgIpc) is 2.64. The van der Waals surface area contributed by atoms with Crippen LogP contribution in [0.15, 0.2) is 18.2 Å². The second-order valence-corrected chi connectivity index (χ2v) is 5.87. The van der Waals surface area contributed by atoms with Crippen molar-refractivity contribution in [2.75, 3.05) is 0 Å². The first-order chi connectivity index (χ1) is 7.79. The summed E-state index contributed by atoms with van der Waals surface area (Å²) in [6.07, 6.45) is 6.50. The molecule has 1 N–H and O–H groups in total. The molecule has 0 radical (unpaired) electrons. The molecule has 1 nitrogen and oxygen atoms in total. The molecule has 2 aromatic rings. The fraction of sp³-hybridized carbons (Fsp3) is 0.462. The lowest BCUT2D eigenvalue weighted by Gasteiger charge is -2.00. The van der Waals surface area contributed by atoms with Crippen molar-refractivity contribution >= 4 is 33.8 Å². The number of nitrogens with one attached hydrogen (secondary N) is 1. The van der Waals surface area contributed by atoms with Crippen molar-refractivity contribution in [3.8, 4) is 0 Å². The van der Waals surface area contributed by atoms with Crippen LogP contribution in [-0.2, 0) is 6.42 Å². The van der Waals surface area contributed by atoms with Gasteiger partial charge in [0.15, 0.2) is 3.95 Å². The molecule has 0 bridgehead atoms. The Bertz CT molecular complexity index is 510. The van der Waals surface area contributed by atoms with E-state index in [2.05, 4.69) is 30.1 Å². The molecule has 0 unspecified atom stereocenters. The molecular weight excluding hydrogens is 234 g/mol. The standard InChI is InChI=1S/C13H17NS2/c1-2-3-4-5-6-10-7-8-11-12(9-10)16-13(15)14-11/h7-9H,2-6H2,1H3,(H,14,15). The van der Waals surface area contributed by atoms with E-state index in [4.69, 9.17) is 12.2 Å². The maximum Gasteiger partial charge on any atom is 0.159 e. The Hall–Kier alpha value is -0.670. The van der Waals surface area contributed by atoms with Crippen LogP contribution in [0.5, 0.6) is 0 Å². The van der Waals surface area contributed by atoms with Gasteiger partial charge in [-0.15, -0.1) is 11.3 Å². The summed E-state index contributed by atoms with van der Waals surface area (Å²) in [5.41, 5.74) is 2.61. The molecule has 0 aliphatic rings. The number of aromatic nitrogens is 1. The molecule has 1 aromatic heterocycles. The molecule has 0 aliphatic heterocycles. The Labute approximate surface area is 106 Å². The molecule has 3 heteroatoms. The molecule has 0 amide bonds. The number of H-pyrrole nitrogens is 1. The first kappa shape index (κ1) is 11.8. The zero-order chi connectivity index (χ0) is 11.4. The highest BCUT2D eigenvalue weighted by molar-refractivity contribution is 7.73. The molecule has 0 atom stereocenters. The van der Waals surface area contributed by atoms with E-state index >= 15 is 0 Å². The third kappa shape index (κ3) is 2.92. The van der Waals surface area contributed by atoms with E-state index in [1.54, 1.807) is 11.3 Å². The van der Waals surface area contributed by atoms with Crippen molar-refractivity contribution in [3.63, 3.8) is 0 Å². The molecule has 86 valence electrons. The minimum Gasteiger partial charge on any atom is -0.337 e. The van der Waals surface area contributed by atoms with Gasteiger partial charge in [-0.3, -0.25) is 0 Å². The van der Waals surface area contributed by atoms with E-state index in [9.17, 15) is 0 Å². The average molecular weight is 251 g/mol. The number of aromatic amines is 1. The van der Waals surface area contributed by atoms with Crippen LogP contribution >= 0.6 is 23.6 Å². The number of hydrogen-bond acceptors (Lipinski definition) is 2. The predicted octanol–water partition coefficient (Wildman–Crippen LogP) is 5.08. The maximum absolute atomic E-state index is 5.14. The summed E-state index contributed by atoms with van der Waals surface area (Å²) in [5.74, 6) is 0. The summed E-state index contributed by atoms with van der Waals surface area (Å²) in [6.45, 7) is 2.25. The number of unbranched alkanes of at least 4 members (excludes halogenated alkanes) is 3. The fourth-order valence-electron chi connectivity index (χ4n) is 1.90. The molecule has 1 aromatic carbocycles. The molecule has 0 aliphatic carbocycles. The van der Waals surface area contributed by atoms with E-state index in [0.29, 0.717) is 0 Å². The quantitative estimate of drug-likeness (QED) is 0.578. The van der Waals surface area contributed by atoms with Crippen LogP contribution in [0.1, 0.15) is 38.2 Å². The summed E-state index contributed by atoms with van der Waals surface area (Å²) in [6, 6.07) is 6.64. The molecule has 0 saturated heterocycles. The molecule has 0 saturated carbocycles. The van der Waals surface area contributed by atoms with Crippen molar-refractivity contribution in [2.45, 2.75) is 39.0 Å². The first-order valence-corrected chi connectivity index (χ1v) is 7.14. The normalized spacial score (nSPS) is 11.1. The van der Waals surface area contributed by atoms with Gasteiger partial charge in [0.2, 0.25) is 0 Å². The lowest BCUT2D eigenvalue weighted by molar-refractivity contribution is 0.667. The summed E-state index contributed by atoms with van der Waals surface area (Å²) < 4.78 is 2.16. The lowest BCUT2D eigenvalue weighted by atomic mass is 10.1. The van der Waals surface area contributed by atoms with Gasteiger partial charge in [-0.1, -0.05) is 32.3 Å².